The molecule has 4 heteroatoms. The minimum Gasteiger partial charge on any atom is -0.294 e. The van der Waals surface area contributed by atoms with Crippen molar-refractivity contribution in [2.45, 2.75) is 0 Å². The van der Waals surface area contributed by atoms with Crippen LogP contribution in [0.2, 0.25) is 0 Å². The Kier molecular flexibility index (Phi) is 5.22. The molecular weight excluding hydrogens is 579 g/mol. The van der Waals surface area contributed by atoms with E-state index >= 15 is 0 Å². The van der Waals surface area contributed by atoms with E-state index in [-0.39, 0.29) is 0 Å². The Labute approximate surface area is 267 Å². The molecule has 10 rings (SSSR count). The van der Waals surface area contributed by atoms with Gasteiger partial charge in [-0.15, -0.1) is 11.3 Å². The van der Waals surface area contributed by atoms with E-state index in [0.29, 0.717) is 5.56 Å². The van der Waals surface area contributed by atoms with Crippen molar-refractivity contribution in [1.29, 1.82) is 5.26 Å². The molecule has 0 saturated heterocycles. The lowest BCUT2D eigenvalue weighted by Gasteiger charge is -2.10. The van der Waals surface area contributed by atoms with Crippen molar-refractivity contribution in [1.82, 2.24) is 9.55 Å². The zero-order valence-electron chi connectivity index (χ0n) is 24.5. The molecule has 3 nitrogen and oxygen atoms in total. The molecule has 0 aliphatic carbocycles. The van der Waals surface area contributed by atoms with E-state index in [1.165, 1.54) is 63.6 Å². The van der Waals surface area contributed by atoms with E-state index in [0.717, 1.165) is 27.8 Å². The van der Waals surface area contributed by atoms with Crippen LogP contribution in [-0.4, -0.2) is 9.55 Å². The second-order valence-corrected chi connectivity index (χ2v) is 13.0. The number of fused-ring (bicyclic) bond motifs is 11. The molecule has 0 radical (unpaired) electrons. The maximum absolute atomic E-state index is 10.1. The number of hydrogen-bond acceptors (Lipinski definition) is 3. The summed E-state index contributed by atoms with van der Waals surface area (Å²) >= 11 is 1.86. The van der Waals surface area contributed by atoms with Crippen LogP contribution in [0.3, 0.4) is 0 Å². The largest absolute Gasteiger partial charge is 0.294 e. The number of nitriles is 1. The van der Waals surface area contributed by atoms with Gasteiger partial charge in [0.15, 0.2) is 0 Å². The molecule has 0 aliphatic rings. The normalized spacial score (nSPS) is 11.9. The molecule has 0 N–H and O–H groups in total. The van der Waals surface area contributed by atoms with Gasteiger partial charge in [0.2, 0.25) is 0 Å². The van der Waals surface area contributed by atoms with Crippen molar-refractivity contribution in [3.05, 3.63) is 145 Å². The first kappa shape index (κ1) is 25.3. The van der Waals surface area contributed by atoms with Gasteiger partial charge in [0.1, 0.15) is 5.82 Å². The lowest BCUT2D eigenvalue weighted by atomic mass is 9.98. The van der Waals surface area contributed by atoms with Crippen molar-refractivity contribution in [2.24, 2.45) is 0 Å². The number of rotatable bonds is 2. The minimum absolute atomic E-state index is 0.623. The van der Waals surface area contributed by atoms with Gasteiger partial charge in [0, 0.05) is 36.3 Å². The Morgan fingerprint density at radius 1 is 0.522 bits per heavy atom. The monoisotopic (exact) mass is 601 g/mol. The third kappa shape index (κ3) is 3.55. The van der Waals surface area contributed by atoms with E-state index in [1.54, 1.807) is 0 Å². The predicted octanol–water partition coefficient (Wildman–Crippen LogP) is 11.5. The third-order valence-corrected chi connectivity index (χ3v) is 10.5. The van der Waals surface area contributed by atoms with Gasteiger partial charge in [-0.25, -0.2) is 4.98 Å². The van der Waals surface area contributed by atoms with E-state index in [2.05, 4.69) is 120 Å². The standard InChI is InChI=1S/C42H23N3S/c43-24-29-23-40(44-35-12-6-5-9-30(29)35)45-36-18-15-27(21-34(36)41-31-10-3-1-7-25(31)14-19-37(41)45)28-13-17-33-39(22-28)46-38-20-16-26-8-2-4-11-32(26)42(33)38/h1-23H. The van der Waals surface area contributed by atoms with Crippen LogP contribution in [0, 0.1) is 11.3 Å². The second kappa shape index (κ2) is 9.49. The fourth-order valence-electron chi connectivity index (χ4n) is 7.31. The molecule has 0 amide bonds. The molecule has 0 fully saturated rings. The van der Waals surface area contributed by atoms with Gasteiger partial charge >= 0.3 is 0 Å². The summed E-state index contributed by atoms with van der Waals surface area (Å²) < 4.78 is 4.82. The Bertz CT molecular complexity index is 2940. The summed E-state index contributed by atoms with van der Waals surface area (Å²) in [6, 6.07) is 51.9. The summed E-state index contributed by atoms with van der Waals surface area (Å²) in [5.41, 5.74) is 5.95. The van der Waals surface area contributed by atoms with Crippen LogP contribution in [-0.2, 0) is 0 Å². The van der Waals surface area contributed by atoms with E-state index < -0.39 is 0 Å². The third-order valence-electron chi connectivity index (χ3n) is 9.40. The van der Waals surface area contributed by atoms with Crippen molar-refractivity contribution in [3.8, 4) is 23.0 Å². The molecule has 0 aliphatic heterocycles. The Morgan fingerprint density at radius 3 is 2.02 bits per heavy atom. The van der Waals surface area contributed by atoms with Crippen LogP contribution in [0.15, 0.2) is 140 Å². The smallest absolute Gasteiger partial charge is 0.139 e. The van der Waals surface area contributed by atoms with Crippen LogP contribution in [0.5, 0.6) is 0 Å². The average Bonchev–Trinajstić information content (AvgIpc) is 3.66. The maximum atomic E-state index is 10.1. The van der Waals surface area contributed by atoms with Crippen molar-refractivity contribution in [2.75, 3.05) is 0 Å². The van der Waals surface area contributed by atoms with Gasteiger partial charge in [-0.2, -0.15) is 5.26 Å². The van der Waals surface area contributed by atoms with Crippen LogP contribution in [0.1, 0.15) is 5.56 Å². The molecule has 10 aromatic rings. The van der Waals surface area contributed by atoms with Crippen molar-refractivity contribution < 1.29 is 0 Å². The fourth-order valence-corrected chi connectivity index (χ4v) is 8.47. The zero-order chi connectivity index (χ0) is 30.4. The predicted molar refractivity (Wildman–Crippen MR) is 194 cm³/mol. The first-order chi connectivity index (χ1) is 22.7. The van der Waals surface area contributed by atoms with Crippen LogP contribution in [0.4, 0.5) is 0 Å². The topological polar surface area (TPSA) is 41.6 Å². The summed E-state index contributed by atoms with van der Waals surface area (Å²) in [7, 11) is 0. The molecule has 46 heavy (non-hydrogen) atoms. The van der Waals surface area contributed by atoms with Crippen LogP contribution in [0.25, 0.3) is 91.4 Å². The van der Waals surface area contributed by atoms with Gasteiger partial charge < -0.3 is 0 Å². The molecule has 7 aromatic carbocycles. The van der Waals surface area contributed by atoms with Gasteiger partial charge in [-0.3, -0.25) is 4.57 Å². The highest BCUT2D eigenvalue weighted by molar-refractivity contribution is 7.26. The quantitative estimate of drug-likeness (QED) is 0.198. The summed E-state index contributed by atoms with van der Waals surface area (Å²) in [5, 5.41) is 20.9. The number of para-hydroxylation sites is 1. The number of aromatic nitrogens is 2. The van der Waals surface area contributed by atoms with E-state index in [9.17, 15) is 5.26 Å². The van der Waals surface area contributed by atoms with E-state index in [4.69, 9.17) is 4.98 Å². The molecule has 0 bridgehead atoms. The lowest BCUT2D eigenvalue weighted by molar-refractivity contribution is 1.10. The molecule has 0 saturated carbocycles. The van der Waals surface area contributed by atoms with Crippen LogP contribution < -0.4 is 0 Å². The van der Waals surface area contributed by atoms with Gasteiger partial charge in [-0.05, 0) is 75.1 Å². The first-order valence-corrected chi connectivity index (χ1v) is 16.2. The zero-order valence-corrected chi connectivity index (χ0v) is 25.3. The molecular formula is C42H23N3S. The molecule has 3 aromatic heterocycles. The lowest BCUT2D eigenvalue weighted by Crippen LogP contribution is -1.99. The van der Waals surface area contributed by atoms with Crippen LogP contribution >= 0.6 is 11.3 Å². The maximum Gasteiger partial charge on any atom is 0.139 e. The molecule has 0 spiro atoms. The highest BCUT2D eigenvalue weighted by Crippen LogP contribution is 2.42. The first-order valence-electron chi connectivity index (χ1n) is 15.4. The Morgan fingerprint density at radius 2 is 1.20 bits per heavy atom. The number of benzene rings is 7. The Hall–Kier alpha value is -6.02. The molecule has 212 valence electrons. The highest BCUT2D eigenvalue weighted by Gasteiger charge is 2.18. The highest BCUT2D eigenvalue weighted by atomic mass is 32.1. The van der Waals surface area contributed by atoms with Crippen molar-refractivity contribution >= 4 is 85.8 Å². The number of thiophene rings is 1. The minimum atomic E-state index is 0.623. The Balaban J connectivity index is 1.24. The number of hydrogen-bond donors (Lipinski definition) is 0. The molecule has 0 unspecified atom stereocenters. The summed E-state index contributed by atoms with van der Waals surface area (Å²) in [5.74, 6) is 0.747. The van der Waals surface area contributed by atoms with E-state index in [1.807, 2.05) is 41.7 Å². The summed E-state index contributed by atoms with van der Waals surface area (Å²) in [6.07, 6.45) is 0. The van der Waals surface area contributed by atoms with Gasteiger partial charge in [-0.1, -0.05) is 97.1 Å². The second-order valence-electron chi connectivity index (χ2n) is 11.9. The fraction of sp³-hybridized carbons (Fsp3) is 0. The number of pyridine rings is 1. The summed E-state index contributed by atoms with van der Waals surface area (Å²) in [4.78, 5) is 5.08. The summed E-state index contributed by atoms with van der Waals surface area (Å²) in [6.45, 7) is 0. The van der Waals surface area contributed by atoms with Gasteiger partial charge in [0.25, 0.3) is 0 Å². The molecule has 0 atom stereocenters. The SMILES string of the molecule is N#Cc1cc(-n2c3ccc(-c4ccc5c(c4)sc4ccc6ccccc6c45)cc3c3c4ccccc4ccc32)nc2ccccc12. The molecule has 3 heterocycles. The number of nitrogens with zero attached hydrogens (tertiary/aromatic N) is 3. The average molecular weight is 602 g/mol. The van der Waals surface area contributed by atoms with Gasteiger partial charge in [0.05, 0.1) is 28.2 Å². The van der Waals surface area contributed by atoms with Crippen molar-refractivity contribution in [3.63, 3.8) is 0 Å².